The van der Waals surface area contributed by atoms with Crippen molar-refractivity contribution < 1.29 is 9.59 Å². The molecule has 1 fully saturated rings. The molecule has 160 valence electrons. The van der Waals surface area contributed by atoms with E-state index in [2.05, 4.69) is 34.5 Å². The Morgan fingerprint density at radius 2 is 1.67 bits per heavy atom. The minimum Gasteiger partial charge on any atom is -0.339 e. The monoisotopic (exact) mass is 428 g/mol. The maximum atomic E-state index is 12.9. The maximum absolute atomic E-state index is 12.9. The number of rotatable bonds is 7. The predicted octanol–water partition coefficient (Wildman–Crippen LogP) is 2.94. The van der Waals surface area contributed by atoms with Crippen molar-refractivity contribution in [3.8, 4) is 0 Å². The van der Waals surface area contributed by atoms with Crippen LogP contribution >= 0.6 is 11.6 Å². The van der Waals surface area contributed by atoms with Gasteiger partial charge in [0.2, 0.25) is 11.8 Å². The summed E-state index contributed by atoms with van der Waals surface area (Å²) in [5.41, 5.74) is 1.86. The standard InChI is InChI=1S/C23H29ClN4O2/c1-18(26(2)17-22(29)25-21-11-7-6-10-20(21)24)23(30)28-14-12-27(13-15-28)16-19-8-4-3-5-9-19/h3-11,18H,12-17H2,1-2H3,(H,25,29). The topological polar surface area (TPSA) is 55.9 Å². The third kappa shape index (κ3) is 6.05. The number of amides is 2. The molecule has 30 heavy (non-hydrogen) atoms. The largest absolute Gasteiger partial charge is 0.339 e. The van der Waals surface area contributed by atoms with E-state index in [1.165, 1.54) is 5.56 Å². The van der Waals surface area contributed by atoms with Crippen LogP contribution in [0.15, 0.2) is 54.6 Å². The van der Waals surface area contributed by atoms with E-state index in [4.69, 9.17) is 11.6 Å². The Labute approximate surface area is 183 Å². The molecular weight excluding hydrogens is 400 g/mol. The van der Waals surface area contributed by atoms with Crippen LogP contribution in [-0.2, 0) is 16.1 Å². The quantitative estimate of drug-likeness (QED) is 0.736. The lowest BCUT2D eigenvalue weighted by atomic mass is 10.2. The number of hydrogen-bond acceptors (Lipinski definition) is 4. The zero-order chi connectivity index (χ0) is 21.5. The van der Waals surface area contributed by atoms with Crippen molar-refractivity contribution >= 4 is 29.1 Å². The van der Waals surface area contributed by atoms with Crippen LogP contribution in [-0.4, -0.2) is 72.3 Å². The Hall–Kier alpha value is -2.41. The number of halogens is 1. The number of hydrogen-bond donors (Lipinski definition) is 1. The lowest BCUT2D eigenvalue weighted by Gasteiger charge is -2.37. The number of carbonyl (C=O) groups excluding carboxylic acids is 2. The molecule has 0 spiro atoms. The van der Waals surface area contributed by atoms with Crippen molar-refractivity contribution in [1.82, 2.24) is 14.7 Å². The Balaban J connectivity index is 1.45. The molecule has 1 unspecified atom stereocenters. The number of para-hydroxylation sites is 1. The lowest BCUT2D eigenvalue weighted by Crippen LogP contribution is -2.54. The van der Waals surface area contributed by atoms with Gasteiger partial charge < -0.3 is 10.2 Å². The van der Waals surface area contributed by atoms with Crippen molar-refractivity contribution in [2.75, 3.05) is 45.1 Å². The van der Waals surface area contributed by atoms with Gasteiger partial charge in [0.15, 0.2) is 0 Å². The first-order chi connectivity index (χ1) is 14.4. The lowest BCUT2D eigenvalue weighted by molar-refractivity contribution is -0.138. The molecule has 0 saturated carbocycles. The molecular formula is C23H29ClN4O2. The molecule has 2 aromatic rings. The smallest absolute Gasteiger partial charge is 0.239 e. The van der Waals surface area contributed by atoms with Crippen molar-refractivity contribution in [3.05, 3.63) is 65.2 Å². The van der Waals surface area contributed by atoms with Gasteiger partial charge in [0.25, 0.3) is 0 Å². The molecule has 7 heteroatoms. The molecule has 1 aliphatic heterocycles. The minimum absolute atomic E-state index is 0.0578. The van der Waals surface area contributed by atoms with Gasteiger partial charge >= 0.3 is 0 Å². The van der Waals surface area contributed by atoms with E-state index in [0.29, 0.717) is 23.8 Å². The maximum Gasteiger partial charge on any atom is 0.239 e. The fraction of sp³-hybridized carbons (Fsp3) is 0.391. The molecule has 0 radical (unpaired) electrons. The van der Waals surface area contributed by atoms with Crippen molar-refractivity contribution in [2.45, 2.75) is 19.5 Å². The molecule has 2 aromatic carbocycles. The molecule has 2 amide bonds. The average molecular weight is 429 g/mol. The Morgan fingerprint density at radius 3 is 2.33 bits per heavy atom. The summed E-state index contributed by atoms with van der Waals surface area (Å²) in [4.78, 5) is 31.3. The molecule has 3 rings (SSSR count). The van der Waals surface area contributed by atoms with E-state index in [1.807, 2.05) is 30.0 Å². The number of anilines is 1. The second kappa shape index (κ2) is 10.6. The van der Waals surface area contributed by atoms with Crippen LogP contribution < -0.4 is 5.32 Å². The van der Waals surface area contributed by atoms with Crippen LogP contribution in [0, 0.1) is 0 Å². The number of nitrogens with zero attached hydrogens (tertiary/aromatic N) is 3. The molecule has 1 aliphatic rings. The average Bonchev–Trinajstić information content (AvgIpc) is 2.75. The van der Waals surface area contributed by atoms with E-state index in [-0.39, 0.29) is 24.4 Å². The van der Waals surface area contributed by atoms with Crippen LogP contribution in [0.1, 0.15) is 12.5 Å². The van der Waals surface area contributed by atoms with Crippen molar-refractivity contribution in [1.29, 1.82) is 0 Å². The third-order valence-electron chi connectivity index (χ3n) is 5.49. The zero-order valence-electron chi connectivity index (χ0n) is 17.6. The van der Waals surface area contributed by atoms with Gasteiger partial charge in [-0.3, -0.25) is 19.4 Å². The Bertz CT molecular complexity index is 853. The molecule has 1 heterocycles. The summed E-state index contributed by atoms with van der Waals surface area (Å²) in [7, 11) is 1.79. The van der Waals surface area contributed by atoms with Gasteiger partial charge in [0, 0.05) is 32.7 Å². The summed E-state index contributed by atoms with van der Waals surface area (Å²) in [6.07, 6.45) is 0. The molecule has 1 atom stereocenters. The second-order valence-electron chi connectivity index (χ2n) is 7.71. The van der Waals surface area contributed by atoms with Crippen molar-refractivity contribution in [2.24, 2.45) is 0 Å². The fourth-order valence-electron chi connectivity index (χ4n) is 3.54. The van der Waals surface area contributed by atoms with Gasteiger partial charge in [-0.25, -0.2) is 0 Å². The Morgan fingerprint density at radius 1 is 1.03 bits per heavy atom. The zero-order valence-corrected chi connectivity index (χ0v) is 18.3. The van der Waals surface area contributed by atoms with Crippen LogP contribution in [0.25, 0.3) is 0 Å². The van der Waals surface area contributed by atoms with Crippen LogP contribution in [0.3, 0.4) is 0 Å². The number of benzene rings is 2. The van der Waals surface area contributed by atoms with Gasteiger partial charge in [-0.2, -0.15) is 0 Å². The van der Waals surface area contributed by atoms with E-state index in [0.717, 1.165) is 19.6 Å². The van der Waals surface area contributed by atoms with Gasteiger partial charge in [-0.05, 0) is 31.7 Å². The summed E-state index contributed by atoms with van der Waals surface area (Å²) in [5, 5.41) is 3.29. The highest BCUT2D eigenvalue weighted by atomic mass is 35.5. The van der Waals surface area contributed by atoms with Crippen LogP contribution in [0.5, 0.6) is 0 Å². The first kappa shape index (κ1) is 22.3. The highest BCUT2D eigenvalue weighted by Gasteiger charge is 2.28. The summed E-state index contributed by atoms with van der Waals surface area (Å²) in [6.45, 7) is 5.98. The first-order valence-electron chi connectivity index (χ1n) is 10.2. The first-order valence-corrected chi connectivity index (χ1v) is 10.6. The summed E-state index contributed by atoms with van der Waals surface area (Å²) >= 11 is 6.09. The highest BCUT2D eigenvalue weighted by molar-refractivity contribution is 6.33. The number of carbonyl (C=O) groups is 2. The van der Waals surface area contributed by atoms with E-state index >= 15 is 0 Å². The number of nitrogens with one attached hydrogen (secondary N) is 1. The van der Waals surface area contributed by atoms with E-state index in [9.17, 15) is 9.59 Å². The third-order valence-corrected chi connectivity index (χ3v) is 5.82. The molecule has 1 saturated heterocycles. The molecule has 1 N–H and O–H groups in total. The molecule has 0 bridgehead atoms. The molecule has 0 aliphatic carbocycles. The van der Waals surface area contributed by atoms with Gasteiger partial charge in [0.1, 0.15) is 0 Å². The number of likely N-dealkylation sites (N-methyl/N-ethyl adjacent to an activating group) is 1. The normalized spacial score (nSPS) is 15.8. The SMILES string of the molecule is CC(C(=O)N1CCN(Cc2ccccc2)CC1)N(C)CC(=O)Nc1ccccc1Cl. The fourth-order valence-corrected chi connectivity index (χ4v) is 3.72. The predicted molar refractivity (Wildman–Crippen MR) is 120 cm³/mol. The van der Waals surface area contributed by atoms with Crippen LogP contribution in [0.4, 0.5) is 5.69 Å². The van der Waals surface area contributed by atoms with Crippen molar-refractivity contribution in [3.63, 3.8) is 0 Å². The van der Waals surface area contributed by atoms with E-state index in [1.54, 1.807) is 24.1 Å². The minimum atomic E-state index is -0.373. The molecule has 0 aromatic heterocycles. The van der Waals surface area contributed by atoms with Crippen LogP contribution in [0.2, 0.25) is 5.02 Å². The summed E-state index contributed by atoms with van der Waals surface area (Å²) in [6, 6.07) is 17.1. The molecule has 6 nitrogen and oxygen atoms in total. The second-order valence-corrected chi connectivity index (χ2v) is 8.11. The van der Waals surface area contributed by atoms with Gasteiger partial charge in [-0.1, -0.05) is 54.1 Å². The Kier molecular flexibility index (Phi) is 7.85. The summed E-state index contributed by atoms with van der Waals surface area (Å²) in [5.74, 6) is -0.139. The highest BCUT2D eigenvalue weighted by Crippen LogP contribution is 2.20. The van der Waals surface area contributed by atoms with Gasteiger partial charge in [-0.15, -0.1) is 0 Å². The van der Waals surface area contributed by atoms with E-state index < -0.39 is 0 Å². The van der Waals surface area contributed by atoms with Gasteiger partial charge in [0.05, 0.1) is 23.3 Å². The summed E-state index contributed by atoms with van der Waals surface area (Å²) < 4.78 is 0. The number of piperazine rings is 1.